The fraction of sp³-hybridized carbons (Fsp3) is 0.333. The molecule has 5 N–H and O–H groups in total. The van der Waals surface area contributed by atoms with Crippen LogP contribution < -0.4 is 20.5 Å². The van der Waals surface area contributed by atoms with Gasteiger partial charge >= 0.3 is 0 Å². The highest BCUT2D eigenvalue weighted by Gasteiger charge is 2.11. The number of rotatable bonds is 11. The lowest BCUT2D eigenvalue weighted by Gasteiger charge is -2.14. The average Bonchev–Trinajstić information content (AvgIpc) is 3.06. The van der Waals surface area contributed by atoms with E-state index in [-0.39, 0.29) is 17.9 Å². The number of aromatic nitrogens is 2. The van der Waals surface area contributed by atoms with Crippen LogP contribution in [0.3, 0.4) is 0 Å². The van der Waals surface area contributed by atoms with Crippen molar-refractivity contribution in [1.82, 2.24) is 14.9 Å². The van der Waals surface area contributed by atoms with Crippen molar-refractivity contribution >= 4 is 5.91 Å². The number of hydrogen-bond donors (Lipinski definition) is 4. The summed E-state index contributed by atoms with van der Waals surface area (Å²) in [7, 11) is 1.99. The molecule has 3 aromatic rings. The molecule has 1 amide bonds. The van der Waals surface area contributed by atoms with Gasteiger partial charge in [0.15, 0.2) is 0 Å². The van der Waals surface area contributed by atoms with Crippen molar-refractivity contribution in [1.29, 1.82) is 0 Å². The lowest BCUT2D eigenvalue weighted by atomic mass is 10.2. The molecular weight excluding hydrogens is 424 g/mol. The highest BCUT2D eigenvalue weighted by atomic mass is 16.5. The minimum atomic E-state index is -0.726. The molecule has 0 aliphatic heterocycles. The summed E-state index contributed by atoms with van der Waals surface area (Å²) in [5.74, 6) is 1.08. The summed E-state index contributed by atoms with van der Waals surface area (Å²) in [4.78, 5) is 15.8. The molecule has 0 aliphatic carbocycles. The standard InChI is InChI=1S/C24H30N4O5/c1-15-16(2)28(3)24(27-15)17-4-6-19(7-5-17)33-14-18(29)13-26-10-11-32-20-8-9-22(30)21(12-20)23(25)31/h4-9,12,18,26,29-30H,10-11,13-14H2,1-3H3,(H2,25,31). The maximum Gasteiger partial charge on any atom is 0.252 e. The number of aliphatic hydroxyl groups excluding tert-OH is 1. The Balaban J connectivity index is 1.37. The Morgan fingerprint density at radius 1 is 1.15 bits per heavy atom. The van der Waals surface area contributed by atoms with Gasteiger partial charge in [0.25, 0.3) is 5.91 Å². The third-order valence-corrected chi connectivity index (χ3v) is 5.33. The van der Waals surface area contributed by atoms with Crippen LogP contribution >= 0.6 is 0 Å². The predicted octanol–water partition coefficient (Wildman–Crippen LogP) is 1.92. The van der Waals surface area contributed by atoms with E-state index < -0.39 is 12.0 Å². The first-order chi connectivity index (χ1) is 15.8. The number of ether oxygens (including phenoxy) is 2. The molecule has 2 aromatic carbocycles. The molecule has 1 heterocycles. The van der Waals surface area contributed by atoms with Crippen LogP contribution in [0.4, 0.5) is 0 Å². The zero-order valence-electron chi connectivity index (χ0n) is 19.0. The maximum absolute atomic E-state index is 11.2. The fourth-order valence-corrected chi connectivity index (χ4v) is 3.24. The van der Waals surface area contributed by atoms with Crippen molar-refractivity contribution in [3.8, 4) is 28.6 Å². The summed E-state index contributed by atoms with van der Waals surface area (Å²) in [6, 6.07) is 11.9. The molecule has 1 aromatic heterocycles. The maximum atomic E-state index is 11.2. The van der Waals surface area contributed by atoms with Crippen molar-refractivity contribution in [2.24, 2.45) is 12.8 Å². The number of aryl methyl sites for hydroxylation is 1. The third kappa shape index (κ3) is 6.24. The third-order valence-electron chi connectivity index (χ3n) is 5.33. The predicted molar refractivity (Wildman–Crippen MR) is 125 cm³/mol. The first-order valence-electron chi connectivity index (χ1n) is 10.6. The van der Waals surface area contributed by atoms with Crippen LogP contribution in [0.1, 0.15) is 21.7 Å². The molecule has 0 saturated carbocycles. The number of imidazole rings is 1. The second-order valence-electron chi connectivity index (χ2n) is 7.75. The van der Waals surface area contributed by atoms with Gasteiger partial charge < -0.3 is 35.3 Å². The minimum absolute atomic E-state index is 0.00575. The number of nitrogens with two attached hydrogens (primary N) is 1. The summed E-state index contributed by atoms with van der Waals surface area (Å²) in [5, 5.41) is 22.8. The molecule has 1 atom stereocenters. The molecule has 9 nitrogen and oxygen atoms in total. The molecule has 3 rings (SSSR count). The van der Waals surface area contributed by atoms with Crippen LogP contribution in [-0.4, -0.2) is 58.1 Å². The summed E-state index contributed by atoms with van der Waals surface area (Å²) in [5.41, 5.74) is 8.34. The van der Waals surface area contributed by atoms with Gasteiger partial charge in [0.2, 0.25) is 0 Å². The Hall–Kier alpha value is -3.56. The number of phenols is 1. The van der Waals surface area contributed by atoms with E-state index in [0.29, 0.717) is 31.2 Å². The topological polar surface area (TPSA) is 132 Å². The van der Waals surface area contributed by atoms with Crippen LogP contribution in [0.25, 0.3) is 11.4 Å². The molecular formula is C24H30N4O5. The smallest absolute Gasteiger partial charge is 0.252 e. The Bertz CT molecular complexity index is 1090. The quantitative estimate of drug-likeness (QED) is 0.326. The van der Waals surface area contributed by atoms with E-state index in [1.54, 1.807) is 6.07 Å². The summed E-state index contributed by atoms with van der Waals surface area (Å²) < 4.78 is 13.3. The molecule has 1 unspecified atom stereocenters. The van der Waals surface area contributed by atoms with E-state index in [9.17, 15) is 15.0 Å². The van der Waals surface area contributed by atoms with Crippen LogP contribution in [0.2, 0.25) is 0 Å². The second-order valence-corrected chi connectivity index (χ2v) is 7.75. The first kappa shape index (κ1) is 24.1. The first-order valence-corrected chi connectivity index (χ1v) is 10.6. The van der Waals surface area contributed by atoms with E-state index in [1.165, 1.54) is 12.1 Å². The van der Waals surface area contributed by atoms with Crippen molar-refractivity contribution in [2.75, 3.05) is 26.3 Å². The minimum Gasteiger partial charge on any atom is -0.507 e. The molecule has 176 valence electrons. The van der Waals surface area contributed by atoms with E-state index in [1.807, 2.05) is 45.2 Å². The van der Waals surface area contributed by atoms with Gasteiger partial charge in [0.1, 0.15) is 42.4 Å². The van der Waals surface area contributed by atoms with Crippen molar-refractivity contribution in [3.05, 3.63) is 59.4 Å². The van der Waals surface area contributed by atoms with Gasteiger partial charge in [-0.3, -0.25) is 4.79 Å². The van der Waals surface area contributed by atoms with Gasteiger partial charge in [-0.2, -0.15) is 0 Å². The van der Waals surface area contributed by atoms with E-state index in [4.69, 9.17) is 15.2 Å². The molecule has 0 saturated heterocycles. The molecule has 0 radical (unpaired) electrons. The van der Waals surface area contributed by atoms with Crippen LogP contribution in [0.15, 0.2) is 42.5 Å². The van der Waals surface area contributed by atoms with Gasteiger partial charge in [0.05, 0.1) is 11.3 Å². The van der Waals surface area contributed by atoms with Gasteiger partial charge in [-0.05, 0) is 56.3 Å². The lowest BCUT2D eigenvalue weighted by molar-refractivity contribution is 0.0996. The van der Waals surface area contributed by atoms with Crippen LogP contribution in [0, 0.1) is 13.8 Å². The van der Waals surface area contributed by atoms with Crippen LogP contribution in [-0.2, 0) is 7.05 Å². The number of nitrogens with one attached hydrogen (secondary N) is 1. The zero-order valence-corrected chi connectivity index (χ0v) is 19.0. The van der Waals surface area contributed by atoms with Crippen molar-refractivity contribution in [2.45, 2.75) is 20.0 Å². The van der Waals surface area contributed by atoms with E-state index in [0.717, 1.165) is 22.8 Å². The number of amides is 1. The lowest BCUT2D eigenvalue weighted by Crippen LogP contribution is -2.33. The number of nitrogens with zero attached hydrogens (tertiary/aromatic N) is 2. The fourth-order valence-electron chi connectivity index (χ4n) is 3.24. The highest BCUT2D eigenvalue weighted by molar-refractivity contribution is 5.95. The summed E-state index contributed by atoms with van der Waals surface area (Å²) >= 11 is 0. The number of primary amides is 1. The number of carbonyl (C=O) groups excluding carboxylic acids is 1. The molecule has 0 bridgehead atoms. The second kappa shape index (κ2) is 10.8. The Morgan fingerprint density at radius 3 is 2.48 bits per heavy atom. The van der Waals surface area contributed by atoms with Crippen LogP contribution in [0.5, 0.6) is 17.2 Å². The average molecular weight is 455 g/mol. The number of carbonyl (C=O) groups is 1. The number of hydrogen-bond acceptors (Lipinski definition) is 7. The SMILES string of the molecule is Cc1nc(-c2ccc(OCC(O)CNCCOc3ccc(O)c(C(N)=O)c3)cc2)n(C)c1C. The highest BCUT2D eigenvalue weighted by Crippen LogP contribution is 2.24. The van der Waals surface area contributed by atoms with Gasteiger partial charge in [-0.25, -0.2) is 4.98 Å². The molecule has 0 aliphatic rings. The van der Waals surface area contributed by atoms with Gasteiger partial charge in [0, 0.05) is 31.4 Å². The normalized spacial score (nSPS) is 11.9. The van der Waals surface area contributed by atoms with E-state index >= 15 is 0 Å². The number of benzene rings is 2. The molecule has 9 heteroatoms. The summed E-state index contributed by atoms with van der Waals surface area (Å²) in [6.45, 7) is 5.29. The van der Waals surface area contributed by atoms with E-state index in [2.05, 4.69) is 14.9 Å². The summed E-state index contributed by atoms with van der Waals surface area (Å²) in [6.07, 6.45) is -0.695. The van der Waals surface area contributed by atoms with Gasteiger partial charge in [-0.1, -0.05) is 0 Å². The number of aromatic hydroxyl groups is 1. The Morgan fingerprint density at radius 2 is 1.85 bits per heavy atom. The van der Waals surface area contributed by atoms with Crippen molar-refractivity contribution < 1.29 is 24.5 Å². The Kier molecular flexibility index (Phi) is 7.92. The molecule has 0 fully saturated rings. The Labute approximate surface area is 192 Å². The monoisotopic (exact) mass is 454 g/mol. The number of aliphatic hydroxyl groups is 1. The molecule has 33 heavy (non-hydrogen) atoms. The van der Waals surface area contributed by atoms with Gasteiger partial charge in [-0.15, -0.1) is 0 Å². The zero-order chi connectivity index (χ0) is 24.0. The van der Waals surface area contributed by atoms with Crippen molar-refractivity contribution in [3.63, 3.8) is 0 Å². The molecule has 0 spiro atoms. The largest absolute Gasteiger partial charge is 0.507 e.